The molecule has 1 heterocycles. The van der Waals surface area contributed by atoms with Gasteiger partial charge in [-0.2, -0.15) is 0 Å². The Balaban J connectivity index is 2.15. The van der Waals surface area contributed by atoms with Crippen molar-refractivity contribution in [2.75, 3.05) is 31.4 Å². The van der Waals surface area contributed by atoms with Crippen LogP contribution in [-0.4, -0.2) is 30.8 Å². The summed E-state index contributed by atoms with van der Waals surface area (Å²) in [6, 6.07) is 6.10. The Bertz CT molecular complexity index is 590. The van der Waals surface area contributed by atoms with E-state index in [2.05, 4.69) is 27.9 Å². The van der Waals surface area contributed by atoms with Crippen LogP contribution in [0.3, 0.4) is 0 Å². The molecule has 0 saturated heterocycles. The summed E-state index contributed by atoms with van der Waals surface area (Å²) in [5.74, 6) is 1.80. The maximum absolute atomic E-state index is 5.37. The number of hydrogen-bond acceptors (Lipinski definition) is 4. The molecule has 5 nitrogen and oxygen atoms in total. The third-order valence-corrected chi connectivity index (χ3v) is 3.27. The number of aryl methyl sites for hydroxylation is 1. The van der Waals surface area contributed by atoms with Crippen LogP contribution in [0.4, 0.5) is 11.6 Å². The summed E-state index contributed by atoms with van der Waals surface area (Å²) >= 11 is 0. The third kappa shape index (κ3) is 2.87. The summed E-state index contributed by atoms with van der Waals surface area (Å²) in [6.07, 6.45) is 1.89. The number of rotatable bonds is 5. The fourth-order valence-corrected chi connectivity index (χ4v) is 2.16. The van der Waals surface area contributed by atoms with Gasteiger partial charge >= 0.3 is 0 Å². The smallest absolute Gasteiger partial charge is 0.204 e. The zero-order valence-electron chi connectivity index (χ0n) is 12.8. The van der Waals surface area contributed by atoms with Crippen LogP contribution < -0.4 is 15.0 Å². The maximum atomic E-state index is 5.37. The molecule has 1 aromatic carbocycles. The lowest BCUT2D eigenvalue weighted by Crippen LogP contribution is -2.15. The number of methoxy groups -OCH3 is 1. The monoisotopic (exact) mass is 274 g/mol. The van der Waals surface area contributed by atoms with Crippen molar-refractivity contribution in [1.29, 1.82) is 0 Å². The standard InChI is InChI=1S/C15H22N4O/c1-11-6-7-14(20-5)13(8-11)16-9-12-10-17-15(18(2)3)19(12)4/h6-8,10,16H,9H2,1-5H3. The SMILES string of the molecule is COc1ccc(C)cc1NCc1cnc(N(C)C)n1C. The molecule has 1 N–H and O–H groups in total. The molecule has 0 saturated carbocycles. The van der Waals surface area contributed by atoms with E-state index in [1.165, 1.54) is 5.56 Å². The summed E-state index contributed by atoms with van der Waals surface area (Å²) < 4.78 is 7.45. The van der Waals surface area contributed by atoms with E-state index in [9.17, 15) is 0 Å². The predicted molar refractivity (Wildman–Crippen MR) is 82.6 cm³/mol. The largest absolute Gasteiger partial charge is 0.495 e. The Kier molecular flexibility index (Phi) is 4.17. The number of benzene rings is 1. The summed E-state index contributed by atoms with van der Waals surface area (Å²) in [4.78, 5) is 6.40. The van der Waals surface area contributed by atoms with E-state index in [-0.39, 0.29) is 0 Å². The van der Waals surface area contributed by atoms with Crippen LogP contribution in [0.5, 0.6) is 5.75 Å². The summed E-state index contributed by atoms with van der Waals surface area (Å²) in [7, 11) is 7.68. The van der Waals surface area contributed by atoms with E-state index in [1.807, 2.05) is 44.4 Å². The van der Waals surface area contributed by atoms with Gasteiger partial charge in [0.2, 0.25) is 5.95 Å². The van der Waals surface area contributed by atoms with Crippen molar-refractivity contribution in [3.05, 3.63) is 35.7 Å². The minimum Gasteiger partial charge on any atom is -0.495 e. The second-order valence-corrected chi connectivity index (χ2v) is 5.06. The van der Waals surface area contributed by atoms with Crippen LogP contribution in [0, 0.1) is 6.92 Å². The van der Waals surface area contributed by atoms with Gasteiger partial charge in [0, 0.05) is 21.1 Å². The molecule has 2 rings (SSSR count). The molecule has 0 amide bonds. The molecule has 5 heteroatoms. The first-order valence-electron chi connectivity index (χ1n) is 6.59. The van der Waals surface area contributed by atoms with Crippen LogP contribution in [0.1, 0.15) is 11.3 Å². The molecular weight excluding hydrogens is 252 g/mol. The quantitative estimate of drug-likeness (QED) is 0.909. The fraction of sp³-hybridized carbons (Fsp3) is 0.400. The highest BCUT2D eigenvalue weighted by molar-refractivity contribution is 5.58. The number of hydrogen-bond donors (Lipinski definition) is 1. The normalized spacial score (nSPS) is 10.4. The number of nitrogens with one attached hydrogen (secondary N) is 1. The molecule has 0 aliphatic heterocycles. The first-order chi connectivity index (χ1) is 9.52. The Morgan fingerprint density at radius 3 is 2.70 bits per heavy atom. The molecule has 0 unspecified atom stereocenters. The number of nitrogens with zero attached hydrogens (tertiary/aromatic N) is 3. The average molecular weight is 274 g/mol. The van der Waals surface area contributed by atoms with Crippen molar-refractivity contribution in [2.24, 2.45) is 7.05 Å². The summed E-state index contributed by atoms with van der Waals surface area (Å²) in [5, 5.41) is 3.41. The van der Waals surface area contributed by atoms with Gasteiger partial charge in [-0.1, -0.05) is 6.07 Å². The van der Waals surface area contributed by atoms with Crippen molar-refractivity contribution < 1.29 is 4.74 Å². The van der Waals surface area contributed by atoms with E-state index in [0.29, 0.717) is 6.54 Å². The molecule has 1 aromatic heterocycles. The number of anilines is 2. The molecule has 0 atom stereocenters. The molecule has 2 aromatic rings. The van der Waals surface area contributed by atoms with Gasteiger partial charge in [0.05, 0.1) is 31.2 Å². The maximum Gasteiger partial charge on any atom is 0.204 e. The minimum atomic E-state index is 0.706. The Labute approximate surface area is 120 Å². The zero-order chi connectivity index (χ0) is 14.7. The molecule has 20 heavy (non-hydrogen) atoms. The topological polar surface area (TPSA) is 42.3 Å². The van der Waals surface area contributed by atoms with Gasteiger partial charge in [-0.25, -0.2) is 4.98 Å². The average Bonchev–Trinajstić information content (AvgIpc) is 2.78. The lowest BCUT2D eigenvalue weighted by Gasteiger charge is -2.14. The molecule has 0 bridgehead atoms. The van der Waals surface area contributed by atoms with Gasteiger partial charge in [0.25, 0.3) is 0 Å². The molecular formula is C15H22N4O. The number of ether oxygens (including phenoxy) is 1. The number of imidazole rings is 1. The molecule has 0 radical (unpaired) electrons. The van der Waals surface area contributed by atoms with Gasteiger partial charge in [-0.3, -0.25) is 0 Å². The lowest BCUT2D eigenvalue weighted by molar-refractivity contribution is 0.416. The van der Waals surface area contributed by atoms with Crippen LogP contribution in [0.2, 0.25) is 0 Å². The minimum absolute atomic E-state index is 0.706. The van der Waals surface area contributed by atoms with Gasteiger partial charge in [0.15, 0.2) is 0 Å². The van der Waals surface area contributed by atoms with Gasteiger partial charge in [-0.15, -0.1) is 0 Å². The molecule has 108 valence electrons. The van der Waals surface area contributed by atoms with Crippen molar-refractivity contribution in [3.63, 3.8) is 0 Å². The van der Waals surface area contributed by atoms with Crippen molar-refractivity contribution in [2.45, 2.75) is 13.5 Å². The molecule has 0 aliphatic rings. The van der Waals surface area contributed by atoms with Crippen molar-refractivity contribution in [1.82, 2.24) is 9.55 Å². The number of aromatic nitrogens is 2. The zero-order valence-corrected chi connectivity index (χ0v) is 12.8. The molecule has 0 aliphatic carbocycles. The van der Waals surface area contributed by atoms with Crippen LogP contribution in [0.25, 0.3) is 0 Å². The first-order valence-corrected chi connectivity index (χ1v) is 6.59. The van der Waals surface area contributed by atoms with Crippen molar-refractivity contribution in [3.8, 4) is 5.75 Å². The van der Waals surface area contributed by atoms with Crippen LogP contribution >= 0.6 is 0 Å². The predicted octanol–water partition coefficient (Wildman–Crippen LogP) is 2.42. The van der Waals surface area contributed by atoms with Crippen LogP contribution in [-0.2, 0) is 13.6 Å². The first kappa shape index (κ1) is 14.2. The Hall–Kier alpha value is -2.17. The highest BCUT2D eigenvalue weighted by Crippen LogP contribution is 2.26. The van der Waals surface area contributed by atoms with Gasteiger partial charge in [-0.05, 0) is 24.6 Å². The Morgan fingerprint density at radius 2 is 2.10 bits per heavy atom. The molecule has 0 spiro atoms. The van der Waals surface area contributed by atoms with Crippen LogP contribution in [0.15, 0.2) is 24.4 Å². The summed E-state index contributed by atoms with van der Waals surface area (Å²) in [5.41, 5.74) is 3.32. The van der Waals surface area contributed by atoms with E-state index in [4.69, 9.17) is 4.74 Å². The Morgan fingerprint density at radius 1 is 1.35 bits per heavy atom. The second-order valence-electron chi connectivity index (χ2n) is 5.06. The van der Waals surface area contributed by atoms with Crippen molar-refractivity contribution >= 4 is 11.6 Å². The van der Waals surface area contributed by atoms with E-state index >= 15 is 0 Å². The van der Waals surface area contributed by atoms with E-state index in [1.54, 1.807) is 7.11 Å². The second kappa shape index (κ2) is 5.86. The summed E-state index contributed by atoms with van der Waals surface area (Å²) in [6.45, 7) is 2.77. The fourth-order valence-electron chi connectivity index (χ4n) is 2.16. The highest BCUT2D eigenvalue weighted by Gasteiger charge is 2.09. The van der Waals surface area contributed by atoms with E-state index in [0.717, 1.165) is 23.1 Å². The molecule has 0 fully saturated rings. The third-order valence-electron chi connectivity index (χ3n) is 3.27. The van der Waals surface area contributed by atoms with Gasteiger partial charge < -0.3 is 19.5 Å². The lowest BCUT2D eigenvalue weighted by atomic mass is 10.2. The van der Waals surface area contributed by atoms with Gasteiger partial charge in [0.1, 0.15) is 5.75 Å². The highest BCUT2D eigenvalue weighted by atomic mass is 16.5. The van der Waals surface area contributed by atoms with E-state index < -0.39 is 0 Å².